The van der Waals surface area contributed by atoms with Crippen LogP contribution in [0.5, 0.6) is 0 Å². The summed E-state index contributed by atoms with van der Waals surface area (Å²) in [5.74, 6) is 0.120. The van der Waals surface area contributed by atoms with Crippen LogP contribution in [0.4, 0.5) is 11.5 Å². The maximum absolute atomic E-state index is 12.4. The van der Waals surface area contributed by atoms with E-state index in [0.717, 1.165) is 25.3 Å². The Hall–Kier alpha value is -2.11. The van der Waals surface area contributed by atoms with Crippen molar-refractivity contribution in [1.29, 1.82) is 0 Å². The second-order valence-electron chi connectivity index (χ2n) is 6.07. The van der Waals surface area contributed by atoms with Crippen LogP contribution in [0.15, 0.2) is 42.6 Å². The number of esters is 1. The fourth-order valence-corrected chi connectivity index (χ4v) is 2.99. The number of aromatic nitrogens is 1. The first-order chi connectivity index (χ1) is 12.2. The van der Waals surface area contributed by atoms with Crippen LogP contribution in [0.3, 0.4) is 0 Å². The van der Waals surface area contributed by atoms with Crippen LogP contribution in [0.25, 0.3) is 0 Å². The van der Waals surface area contributed by atoms with Crippen LogP contribution in [0, 0.1) is 0 Å². The maximum atomic E-state index is 12.4. The van der Waals surface area contributed by atoms with Crippen LogP contribution in [0.2, 0.25) is 5.02 Å². The summed E-state index contributed by atoms with van der Waals surface area (Å²) in [6.07, 6.45) is 5.39. The third-order valence-electron chi connectivity index (χ3n) is 4.22. The van der Waals surface area contributed by atoms with Gasteiger partial charge >= 0.3 is 5.97 Å². The molecule has 0 aliphatic carbocycles. The molecule has 25 heavy (non-hydrogen) atoms. The number of halogens is 1. The number of carbonyl (C=O) groups excluding carboxylic acids is 1. The summed E-state index contributed by atoms with van der Waals surface area (Å²) in [7, 11) is 0. The molecule has 6 heteroatoms. The number of hydrogen-bond donors (Lipinski definition) is 1. The first-order valence-corrected chi connectivity index (χ1v) is 8.97. The molecule has 1 aliphatic heterocycles. The summed E-state index contributed by atoms with van der Waals surface area (Å²) in [5.41, 5.74) is 1.24. The quantitative estimate of drug-likeness (QED) is 0.786. The highest BCUT2D eigenvalue weighted by atomic mass is 35.5. The predicted molar refractivity (Wildman–Crippen MR) is 99.5 cm³/mol. The van der Waals surface area contributed by atoms with Gasteiger partial charge in [-0.15, -0.1) is 0 Å². The van der Waals surface area contributed by atoms with E-state index in [0.29, 0.717) is 23.0 Å². The van der Waals surface area contributed by atoms with Crippen molar-refractivity contribution in [1.82, 2.24) is 9.88 Å². The molecule has 5 nitrogen and oxygen atoms in total. The van der Waals surface area contributed by atoms with E-state index in [1.165, 1.54) is 19.3 Å². The second kappa shape index (κ2) is 8.83. The molecule has 0 unspecified atom stereocenters. The Labute approximate surface area is 153 Å². The van der Waals surface area contributed by atoms with Crippen LogP contribution >= 0.6 is 11.6 Å². The summed E-state index contributed by atoms with van der Waals surface area (Å²) in [6, 6.07) is 10.7. The fourth-order valence-electron chi connectivity index (χ4n) is 2.87. The summed E-state index contributed by atoms with van der Waals surface area (Å²) in [5, 5.41) is 3.80. The van der Waals surface area contributed by atoms with Crippen molar-refractivity contribution >= 4 is 29.1 Å². The van der Waals surface area contributed by atoms with Gasteiger partial charge < -0.3 is 10.1 Å². The minimum Gasteiger partial charge on any atom is -0.461 e. The van der Waals surface area contributed by atoms with Crippen molar-refractivity contribution in [3.8, 4) is 0 Å². The molecule has 0 amide bonds. The van der Waals surface area contributed by atoms with Crippen LogP contribution in [-0.2, 0) is 4.74 Å². The van der Waals surface area contributed by atoms with Gasteiger partial charge in [-0.1, -0.05) is 18.0 Å². The van der Waals surface area contributed by atoms with E-state index < -0.39 is 0 Å². The van der Waals surface area contributed by atoms with Gasteiger partial charge in [0.15, 0.2) is 0 Å². The molecule has 1 aliphatic rings. The molecule has 132 valence electrons. The van der Waals surface area contributed by atoms with Crippen molar-refractivity contribution in [2.45, 2.75) is 19.3 Å². The summed E-state index contributed by atoms with van der Waals surface area (Å²) in [6.45, 7) is 3.36. The Bertz CT molecular complexity index is 700. The number of likely N-dealkylation sites (tertiary alicyclic amines) is 1. The van der Waals surface area contributed by atoms with Gasteiger partial charge in [0.2, 0.25) is 0 Å². The smallest absolute Gasteiger partial charge is 0.341 e. The zero-order chi connectivity index (χ0) is 17.5. The Balaban J connectivity index is 1.59. The van der Waals surface area contributed by atoms with E-state index in [4.69, 9.17) is 16.3 Å². The van der Waals surface area contributed by atoms with Gasteiger partial charge in [0, 0.05) is 23.5 Å². The number of hydrogen-bond acceptors (Lipinski definition) is 5. The number of pyridine rings is 1. The molecular weight excluding hydrogens is 338 g/mol. The first kappa shape index (κ1) is 17.7. The lowest BCUT2D eigenvalue weighted by atomic mass is 10.1. The molecule has 2 heterocycles. The molecule has 1 saturated heterocycles. The zero-order valence-corrected chi connectivity index (χ0v) is 14.8. The maximum Gasteiger partial charge on any atom is 0.341 e. The topological polar surface area (TPSA) is 54.5 Å². The van der Waals surface area contributed by atoms with E-state index >= 15 is 0 Å². The van der Waals surface area contributed by atoms with E-state index in [2.05, 4.69) is 15.2 Å². The second-order valence-corrected chi connectivity index (χ2v) is 6.51. The Morgan fingerprint density at radius 1 is 1.16 bits per heavy atom. The first-order valence-electron chi connectivity index (χ1n) is 8.59. The van der Waals surface area contributed by atoms with E-state index in [-0.39, 0.29) is 5.97 Å². The third kappa shape index (κ3) is 5.18. The number of benzene rings is 1. The molecule has 0 spiro atoms. The van der Waals surface area contributed by atoms with E-state index in [9.17, 15) is 4.79 Å². The van der Waals surface area contributed by atoms with Gasteiger partial charge in [0.05, 0.1) is 0 Å². The number of piperidine rings is 1. The Morgan fingerprint density at radius 2 is 1.92 bits per heavy atom. The monoisotopic (exact) mass is 359 g/mol. The van der Waals surface area contributed by atoms with E-state index in [1.807, 2.05) is 12.1 Å². The Kier molecular flexibility index (Phi) is 6.25. The number of carbonyl (C=O) groups is 1. The van der Waals surface area contributed by atoms with Gasteiger partial charge in [-0.05, 0) is 62.3 Å². The SMILES string of the molecule is O=C(OCCN1CCCCC1)c1cccnc1Nc1ccc(Cl)cc1. The van der Waals surface area contributed by atoms with Gasteiger partial charge in [-0.3, -0.25) is 4.90 Å². The largest absolute Gasteiger partial charge is 0.461 e. The number of ether oxygens (including phenoxy) is 1. The minimum absolute atomic E-state index is 0.360. The van der Waals surface area contributed by atoms with Gasteiger partial charge in [0.25, 0.3) is 0 Å². The normalized spacial score (nSPS) is 14.9. The molecule has 1 aromatic carbocycles. The summed E-state index contributed by atoms with van der Waals surface area (Å²) in [4.78, 5) is 19.0. The average molecular weight is 360 g/mol. The molecular formula is C19H22ClN3O2. The number of anilines is 2. The van der Waals surface area contributed by atoms with Crippen molar-refractivity contribution in [3.63, 3.8) is 0 Å². The standard InChI is InChI=1S/C19H22ClN3O2/c20-15-6-8-16(9-7-15)22-18-17(5-4-10-21-18)19(24)25-14-13-23-11-2-1-3-12-23/h4-10H,1-3,11-14H2,(H,21,22). The van der Waals surface area contributed by atoms with Crippen molar-refractivity contribution in [3.05, 3.63) is 53.2 Å². The van der Waals surface area contributed by atoms with Gasteiger partial charge in [-0.2, -0.15) is 0 Å². The molecule has 1 N–H and O–H groups in total. The number of nitrogens with zero attached hydrogens (tertiary/aromatic N) is 2. The lowest BCUT2D eigenvalue weighted by Gasteiger charge is -2.25. The molecule has 2 aromatic rings. The number of rotatable bonds is 6. The van der Waals surface area contributed by atoms with Gasteiger partial charge in [-0.25, -0.2) is 9.78 Å². The molecule has 1 fully saturated rings. The van der Waals surface area contributed by atoms with Crippen molar-refractivity contribution in [2.75, 3.05) is 31.6 Å². The van der Waals surface area contributed by atoms with E-state index in [1.54, 1.807) is 30.5 Å². The summed E-state index contributed by atoms with van der Waals surface area (Å²) >= 11 is 5.90. The highest BCUT2D eigenvalue weighted by molar-refractivity contribution is 6.30. The highest BCUT2D eigenvalue weighted by Gasteiger charge is 2.15. The minimum atomic E-state index is -0.360. The zero-order valence-electron chi connectivity index (χ0n) is 14.1. The third-order valence-corrected chi connectivity index (χ3v) is 4.48. The van der Waals surface area contributed by atoms with Crippen molar-refractivity contribution in [2.24, 2.45) is 0 Å². The predicted octanol–water partition coefficient (Wildman–Crippen LogP) is 4.12. The molecule has 0 saturated carbocycles. The lowest BCUT2D eigenvalue weighted by molar-refractivity contribution is 0.0453. The average Bonchev–Trinajstić information content (AvgIpc) is 2.65. The van der Waals surface area contributed by atoms with Gasteiger partial charge in [0.1, 0.15) is 18.0 Å². The number of nitrogens with one attached hydrogen (secondary N) is 1. The van der Waals surface area contributed by atoms with Crippen molar-refractivity contribution < 1.29 is 9.53 Å². The Morgan fingerprint density at radius 3 is 2.68 bits per heavy atom. The van der Waals surface area contributed by atoms with Crippen LogP contribution in [0.1, 0.15) is 29.6 Å². The lowest BCUT2D eigenvalue weighted by Crippen LogP contribution is -2.33. The van der Waals surface area contributed by atoms with Crippen LogP contribution < -0.4 is 5.32 Å². The molecule has 0 bridgehead atoms. The summed E-state index contributed by atoms with van der Waals surface area (Å²) < 4.78 is 5.45. The highest BCUT2D eigenvalue weighted by Crippen LogP contribution is 2.21. The van der Waals surface area contributed by atoms with Crippen LogP contribution in [-0.4, -0.2) is 42.1 Å². The molecule has 0 radical (unpaired) electrons. The fraction of sp³-hybridized carbons (Fsp3) is 0.368. The molecule has 3 rings (SSSR count). The molecule has 0 atom stereocenters. The molecule has 1 aromatic heterocycles.